The van der Waals surface area contributed by atoms with Crippen molar-refractivity contribution < 1.29 is 4.79 Å². The molecule has 0 spiro atoms. The molecule has 0 N–H and O–H groups in total. The van der Waals surface area contributed by atoms with Crippen molar-refractivity contribution in [2.75, 3.05) is 0 Å². The molecule has 0 bridgehead atoms. The Bertz CT molecular complexity index is 249. The average molecular weight is 139 g/mol. The minimum absolute atomic E-state index is 0.144. The van der Waals surface area contributed by atoms with Crippen LogP contribution in [0.15, 0.2) is 27.1 Å². The molecular formula is C4HN3OS. The molecule has 0 aromatic heterocycles. The van der Waals surface area contributed by atoms with Gasteiger partial charge in [0.25, 0.3) is 0 Å². The summed E-state index contributed by atoms with van der Waals surface area (Å²) in [5.41, 5.74) is 0.144. The molecule has 0 saturated heterocycles. The molecule has 0 radical (unpaired) electrons. The topological polar surface area (TPSA) is 54.1 Å². The fourth-order valence-corrected chi connectivity index (χ4v) is 0.467. The SMILES string of the molecule is O=C1N=NC=C1N=C=S. The third-order valence-electron chi connectivity index (χ3n) is 0.714. The molecule has 0 aliphatic carbocycles. The summed E-state index contributed by atoms with van der Waals surface area (Å²) >= 11 is 4.25. The van der Waals surface area contributed by atoms with Crippen molar-refractivity contribution in [2.24, 2.45) is 15.2 Å². The Kier molecular flexibility index (Phi) is 1.58. The molecule has 0 atom stereocenters. The molecule has 1 rings (SSSR count). The zero-order valence-corrected chi connectivity index (χ0v) is 5.05. The Balaban J connectivity index is 2.88. The lowest BCUT2D eigenvalue weighted by Crippen LogP contribution is -1.88. The van der Waals surface area contributed by atoms with Gasteiger partial charge in [-0.15, -0.1) is 5.11 Å². The predicted molar refractivity (Wildman–Crippen MR) is 33.0 cm³/mol. The van der Waals surface area contributed by atoms with Crippen molar-refractivity contribution in [1.29, 1.82) is 0 Å². The lowest BCUT2D eigenvalue weighted by Gasteiger charge is -1.77. The summed E-state index contributed by atoms with van der Waals surface area (Å²) in [4.78, 5) is 13.8. The van der Waals surface area contributed by atoms with Crippen molar-refractivity contribution in [3.05, 3.63) is 11.9 Å². The van der Waals surface area contributed by atoms with Crippen LogP contribution in [0.1, 0.15) is 0 Å². The summed E-state index contributed by atoms with van der Waals surface area (Å²) in [6, 6.07) is 0. The summed E-state index contributed by atoms with van der Waals surface area (Å²) in [6.45, 7) is 0. The van der Waals surface area contributed by atoms with E-state index in [1.807, 2.05) is 5.16 Å². The van der Waals surface area contributed by atoms with Gasteiger partial charge in [-0.3, -0.25) is 4.79 Å². The van der Waals surface area contributed by atoms with Crippen LogP contribution >= 0.6 is 12.2 Å². The number of isothiocyanates is 1. The van der Waals surface area contributed by atoms with Crippen molar-refractivity contribution in [1.82, 2.24) is 0 Å². The van der Waals surface area contributed by atoms with E-state index in [-0.39, 0.29) is 5.70 Å². The number of azo groups is 1. The zero-order valence-electron chi connectivity index (χ0n) is 4.24. The van der Waals surface area contributed by atoms with E-state index < -0.39 is 5.91 Å². The Morgan fingerprint density at radius 3 is 3.00 bits per heavy atom. The maximum atomic E-state index is 10.5. The molecular weight excluding hydrogens is 138 g/mol. The minimum atomic E-state index is -0.465. The molecule has 4 nitrogen and oxygen atoms in total. The summed E-state index contributed by atoms with van der Waals surface area (Å²) in [7, 11) is 0. The van der Waals surface area contributed by atoms with E-state index in [2.05, 4.69) is 27.4 Å². The second-order valence-electron chi connectivity index (χ2n) is 1.24. The highest BCUT2D eigenvalue weighted by molar-refractivity contribution is 7.78. The number of amides is 1. The van der Waals surface area contributed by atoms with Gasteiger partial charge in [-0.25, -0.2) is 0 Å². The van der Waals surface area contributed by atoms with Gasteiger partial charge in [0.2, 0.25) is 0 Å². The second-order valence-corrected chi connectivity index (χ2v) is 1.42. The molecule has 44 valence electrons. The Morgan fingerprint density at radius 2 is 2.56 bits per heavy atom. The monoisotopic (exact) mass is 139 g/mol. The first-order valence-electron chi connectivity index (χ1n) is 2.08. The van der Waals surface area contributed by atoms with Crippen LogP contribution < -0.4 is 0 Å². The van der Waals surface area contributed by atoms with Crippen LogP contribution in [0, 0.1) is 0 Å². The van der Waals surface area contributed by atoms with E-state index in [0.29, 0.717) is 0 Å². The maximum Gasteiger partial charge on any atom is 0.316 e. The highest BCUT2D eigenvalue weighted by Crippen LogP contribution is 2.06. The number of thiocarbonyl (C=S) groups is 1. The van der Waals surface area contributed by atoms with Crippen molar-refractivity contribution in [2.45, 2.75) is 0 Å². The first-order chi connectivity index (χ1) is 4.34. The first kappa shape index (κ1) is 5.94. The molecule has 1 aliphatic heterocycles. The van der Waals surface area contributed by atoms with E-state index in [4.69, 9.17) is 0 Å². The van der Waals surface area contributed by atoms with Gasteiger partial charge in [-0.05, 0) is 12.2 Å². The number of hydrogen-bond acceptors (Lipinski definition) is 4. The fourth-order valence-electron chi connectivity index (χ4n) is 0.368. The molecule has 0 saturated carbocycles. The normalized spacial score (nSPS) is 15.1. The molecule has 5 heteroatoms. The van der Waals surface area contributed by atoms with Gasteiger partial charge < -0.3 is 0 Å². The molecule has 0 aromatic carbocycles. The summed E-state index contributed by atoms with van der Waals surface area (Å²) in [6.07, 6.45) is 1.24. The number of aliphatic imine (C=N–C) groups is 1. The van der Waals surface area contributed by atoms with Gasteiger partial charge in [0, 0.05) is 0 Å². The largest absolute Gasteiger partial charge is 0.316 e. The third-order valence-corrected chi connectivity index (χ3v) is 0.805. The van der Waals surface area contributed by atoms with Crippen molar-refractivity contribution in [3.8, 4) is 0 Å². The van der Waals surface area contributed by atoms with Gasteiger partial charge in [0.05, 0.1) is 11.4 Å². The lowest BCUT2D eigenvalue weighted by atomic mass is 10.5. The third kappa shape index (κ3) is 1.13. The molecule has 0 fully saturated rings. The number of nitrogens with zero attached hydrogens (tertiary/aromatic N) is 3. The highest BCUT2D eigenvalue weighted by Gasteiger charge is 2.10. The second kappa shape index (κ2) is 2.39. The van der Waals surface area contributed by atoms with Crippen LogP contribution in [0.25, 0.3) is 0 Å². The van der Waals surface area contributed by atoms with Crippen molar-refractivity contribution >= 4 is 23.3 Å². The van der Waals surface area contributed by atoms with Crippen LogP contribution in [0.2, 0.25) is 0 Å². The smallest absolute Gasteiger partial charge is 0.263 e. The molecule has 1 amide bonds. The standard InChI is InChI=1S/C4HN3OS/c8-4-3(5-2-9)1-6-7-4/h1H. The van der Waals surface area contributed by atoms with E-state index in [1.54, 1.807) is 0 Å². The molecule has 0 unspecified atom stereocenters. The average Bonchev–Trinajstić information content (AvgIpc) is 2.18. The van der Waals surface area contributed by atoms with Crippen LogP contribution in [-0.2, 0) is 4.79 Å². The van der Waals surface area contributed by atoms with E-state index >= 15 is 0 Å². The van der Waals surface area contributed by atoms with E-state index in [0.717, 1.165) is 0 Å². The number of rotatable bonds is 1. The molecule has 0 aromatic rings. The quantitative estimate of drug-likeness (QED) is 0.400. The van der Waals surface area contributed by atoms with Gasteiger partial charge in [-0.2, -0.15) is 10.1 Å². The van der Waals surface area contributed by atoms with Gasteiger partial charge >= 0.3 is 5.91 Å². The van der Waals surface area contributed by atoms with E-state index in [9.17, 15) is 4.79 Å². The number of carbonyl (C=O) groups is 1. The van der Waals surface area contributed by atoms with Crippen LogP contribution in [0.4, 0.5) is 0 Å². The van der Waals surface area contributed by atoms with Crippen molar-refractivity contribution in [3.63, 3.8) is 0 Å². The predicted octanol–water partition coefficient (Wildman–Crippen LogP) is 0.923. The molecule has 1 aliphatic rings. The maximum absolute atomic E-state index is 10.5. The highest BCUT2D eigenvalue weighted by atomic mass is 32.1. The Labute approximate surface area is 56.0 Å². The molecule has 9 heavy (non-hydrogen) atoms. The van der Waals surface area contributed by atoms with Crippen LogP contribution in [0.3, 0.4) is 0 Å². The van der Waals surface area contributed by atoms with Crippen LogP contribution in [-0.4, -0.2) is 11.1 Å². The van der Waals surface area contributed by atoms with E-state index in [1.165, 1.54) is 6.20 Å². The first-order valence-corrected chi connectivity index (χ1v) is 2.48. The fraction of sp³-hybridized carbons (Fsp3) is 0. The molecule has 1 heterocycles. The summed E-state index contributed by atoms with van der Waals surface area (Å²) in [5, 5.41) is 8.49. The minimum Gasteiger partial charge on any atom is -0.263 e. The summed E-state index contributed by atoms with van der Waals surface area (Å²) < 4.78 is 0. The zero-order chi connectivity index (χ0) is 6.69. The Morgan fingerprint density at radius 1 is 1.78 bits per heavy atom. The van der Waals surface area contributed by atoms with Gasteiger partial charge in [-0.1, -0.05) is 0 Å². The van der Waals surface area contributed by atoms with Crippen LogP contribution in [0.5, 0.6) is 0 Å². The van der Waals surface area contributed by atoms with Gasteiger partial charge in [0.15, 0.2) is 5.70 Å². The van der Waals surface area contributed by atoms with Gasteiger partial charge in [0.1, 0.15) is 0 Å². The number of carbonyl (C=O) groups excluding carboxylic acids is 1. The summed E-state index contributed by atoms with van der Waals surface area (Å²) in [5.74, 6) is -0.465. The number of hydrogen-bond donors (Lipinski definition) is 0. The lowest BCUT2D eigenvalue weighted by molar-refractivity contribution is -0.114. The Hall–Kier alpha value is -1.19.